The zero-order valence-corrected chi connectivity index (χ0v) is 6.74. The number of hydrogen-bond acceptors (Lipinski definition) is 0. The number of rotatable bonds is 5. The summed E-state index contributed by atoms with van der Waals surface area (Å²) in [7, 11) is 0. The fourth-order valence-corrected chi connectivity index (χ4v) is 0.836. The quantitative estimate of drug-likeness (QED) is 0.564. The Balaban J connectivity index is 3.31. The molecule has 0 bridgehead atoms. The van der Waals surface area contributed by atoms with E-state index >= 15 is 0 Å². The molecule has 0 aliphatic heterocycles. The summed E-state index contributed by atoms with van der Waals surface area (Å²) < 4.78 is 25.1. The van der Waals surface area contributed by atoms with Crippen molar-refractivity contribution in [1.29, 1.82) is 0 Å². The van der Waals surface area contributed by atoms with Crippen LogP contribution in [-0.4, -0.2) is 12.3 Å². The van der Waals surface area contributed by atoms with Gasteiger partial charge in [-0.05, 0) is 12.8 Å². The highest BCUT2D eigenvalue weighted by molar-refractivity contribution is 4.65. The van der Waals surface area contributed by atoms with Crippen LogP contribution in [0, 0.1) is 0 Å². The van der Waals surface area contributed by atoms with Crippen LogP contribution >= 0.6 is 0 Å². The van der Waals surface area contributed by atoms with Crippen molar-refractivity contribution >= 4 is 0 Å². The van der Waals surface area contributed by atoms with Crippen LogP contribution in [-0.2, 0) is 0 Å². The first-order valence-corrected chi connectivity index (χ1v) is 4.00. The molecule has 0 N–H and O–H groups in total. The molecule has 2 unspecified atom stereocenters. The average Bonchev–Trinajstić information content (AvgIpc) is 1.98. The van der Waals surface area contributed by atoms with Crippen LogP contribution in [0.4, 0.5) is 8.78 Å². The summed E-state index contributed by atoms with van der Waals surface area (Å²) in [5.41, 5.74) is 0. The summed E-state index contributed by atoms with van der Waals surface area (Å²) in [6.07, 6.45) is -0.0639. The number of hydrogen-bond donors (Lipinski definition) is 0. The third kappa shape index (κ3) is 3.80. The maximum absolute atomic E-state index is 12.6. The van der Waals surface area contributed by atoms with Gasteiger partial charge in [0.25, 0.3) is 0 Å². The van der Waals surface area contributed by atoms with Crippen LogP contribution in [0.3, 0.4) is 0 Å². The Kier molecular flexibility index (Phi) is 5.55. The summed E-state index contributed by atoms with van der Waals surface area (Å²) in [6.45, 7) is 3.65. The Hall–Kier alpha value is -0.140. The highest BCUT2D eigenvalue weighted by Gasteiger charge is 2.16. The Bertz CT molecular complexity index is 73.7. The molecule has 0 nitrogen and oxygen atoms in total. The van der Waals surface area contributed by atoms with Gasteiger partial charge in [-0.15, -0.1) is 0 Å². The van der Waals surface area contributed by atoms with Crippen molar-refractivity contribution in [1.82, 2.24) is 0 Å². The number of halogens is 2. The summed E-state index contributed by atoms with van der Waals surface area (Å²) in [6, 6.07) is 0. The van der Waals surface area contributed by atoms with Gasteiger partial charge in [0, 0.05) is 0 Å². The molecule has 0 amide bonds. The predicted molar refractivity (Wildman–Crippen MR) is 39.6 cm³/mol. The van der Waals surface area contributed by atoms with E-state index in [2.05, 4.69) is 0 Å². The van der Waals surface area contributed by atoms with Gasteiger partial charge in [0.15, 0.2) is 0 Å². The number of alkyl halides is 2. The molecule has 2 heteroatoms. The van der Waals surface area contributed by atoms with Crippen molar-refractivity contribution in [3.63, 3.8) is 0 Å². The molecule has 0 saturated heterocycles. The van der Waals surface area contributed by atoms with E-state index in [4.69, 9.17) is 0 Å². The third-order valence-corrected chi connectivity index (χ3v) is 1.62. The average molecular weight is 150 g/mol. The van der Waals surface area contributed by atoms with E-state index in [0.29, 0.717) is 12.8 Å². The fourth-order valence-electron chi connectivity index (χ4n) is 0.836. The molecule has 0 aromatic rings. The zero-order valence-electron chi connectivity index (χ0n) is 6.74. The van der Waals surface area contributed by atoms with E-state index in [-0.39, 0.29) is 0 Å². The van der Waals surface area contributed by atoms with Crippen molar-refractivity contribution in [3.05, 3.63) is 0 Å². The summed E-state index contributed by atoms with van der Waals surface area (Å²) in [4.78, 5) is 0. The smallest absolute Gasteiger partial charge is 0.131 e. The van der Waals surface area contributed by atoms with Gasteiger partial charge in [0.2, 0.25) is 0 Å². The Morgan fingerprint density at radius 2 is 1.70 bits per heavy atom. The monoisotopic (exact) mass is 150 g/mol. The summed E-state index contributed by atoms with van der Waals surface area (Å²) in [5.74, 6) is 0. The minimum Gasteiger partial charge on any atom is -0.244 e. The van der Waals surface area contributed by atoms with Crippen LogP contribution in [0.25, 0.3) is 0 Å². The molecule has 0 saturated carbocycles. The molecule has 0 aromatic carbocycles. The Labute approximate surface area is 61.6 Å². The highest BCUT2D eigenvalue weighted by Crippen LogP contribution is 2.13. The van der Waals surface area contributed by atoms with Gasteiger partial charge >= 0.3 is 0 Å². The lowest BCUT2D eigenvalue weighted by molar-refractivity contribution is 0.151. The van der Waals surface area contributed by atoms with Gasteiger partial charge in [-0.2, -0.15) is 0 Å². The molecule has 0 radical (unpaired) electrons. The minimum atomic E-state index is -1.24. The van der Waals surface area contributed by atoms with Crippen molar-refractivity contribution in [3.8, 4) is 0 Å². The molecule has 0 aliphatic rings. The molecule has 0 fully saturated rings. The van der Waals surface area contributed by atoms with Crippen LogP contribution in [0.1, 0.15) is 39.5 Å². The first-order valence-electron chi connectivity index (χ1n) is 4.00. The lowest BCUT2D eigenvalue weighted by Gasteiger charge is -2.09. The maximum atomic E-state index is 12.6. The van der Waals surface area contributed by atoms with Crippen molar-refractivity contribution in [2.24, 2.45) is 0 Å². The van der Waals surface area contributed by atoms with Crippen LogP contribution < -0.4 is 0 Å². The molecule has 0 rings (SSSR count). The minimum absolute atomic E-state index is 0.297. The number of unbranched alkanes of at least 4 members (excludes halogenated alkanes) is 1. The summed E-state index contributed by atoms with van der Waals surface area (Å²) >= 11 is 0. The van der Waals surface area contributed by atoms with E-state index in [1.165, 1.54) is 0 Å². The molecule has 0 spiro atoms. The molecule has 0 aromatic heterocycles. The van der Waals surface area contributed by atoms with Gasteiger partial charge in [-0.3, -0.25) is 0 Å². The molecule has 0 heterocycles. The summed E-state index contributed by atoms with van der Waals surface area (Å²) in [5, 5.41) is 0. The van der Waals surface area contributed by atoms with E-state index in [1.807, 2.05) is 6.92 Å². The zero-order chi connectivity index (χ0) is 7.98. The van der Waals surface area contributed by atoms with Crippen molar-refractivity contribution in [2.45, 2.75) is 51.9 Å². The second-order valence-corrected chi connectivity index (χ2v) is 2.58. The SMILES string of the molecule is CCCCC(F)C(F)CC. The largest absolute Gasteiger partial charge is 0.244 e. The Morgan fingerprint density at radius 3 is 2.10 bits per heavy atom. The standard InChI is InChI=1S/C8H16F2/c1-3-5-6-8(10)7(9)4-2/h7-8H,3-6H2,1-2H3. The molecule has 10 heavy (non-hydrogen) atoms. The molecular weight excluding hydrogens is 134 g/mol. The van der Waals surface area contributed by atoms with Crippen molar-refractivity contribution in [2.75, 3.05) is 0 Å². The van der Waals surface area contributed by atoms with Gasteiger partial charge in [-0.1, -0.05) is 26.7 Å². The van der Waals surface area contributed by atoms with E-state index in [1.54, 1.807) is 6.92 Å². The second-order valence-electron chi connectivity index (χ2n) is 2.58. The lowest BCUT2D eigenvalue weighted by Crippen LogP contribution is -2.15. The third-order valence-electron chi connectivity index (χ3n) is 1.62. The van der Waals surface area contributed by atoms with Gasteiger partial charge in [-0.25, -0.2) is 8.78 Å². The van der Waals surface area contributed by atoms with Crippen LogP contribution in [0.5, 0.6) is 0 Å². The fraction of sp³-hybridized carbons (Fsp3) is 1.00. The van der Waals surface area contributed by atoms with Crippen LogP contribution in [0.15, 0.2) is 0 Å². The van der Waals surface area contributed by atoms with Crippen molar-refractivity contribution < 1.29 is 8.78 Å². The van der Waals surface area contributed by atoms with E-state index < -0.39 is 12.3 Å². The lowest BCUT2D eigenvalue weighted by atomic mass is 10.1. The van der Waals surface area contributed by atoms with E-state index in [0.717, 1.165) is 12.8 Å². The topological polar surface area (TPSA) is 0 Å². The van der Waals surface area contributed by atoms with E-state index in [9.17, 15) is 8.78 Å². The first-order chi connectivity index (χ1) is 4.72. The van der Waals surface area contributed by atoms with Gasteiger partial charge in [0.05, 0.1) is 0 Å². The molecular formula is C8H16F2. The molecule has 62 valence electrons. The van der Waals surface area contributed by atoms with Gasteiger partial charge in [0.1, 0.15) is 12.3 Å². The molecule has 2 atom stereocenters. The second kappa shape index (κ2) is 5.63. The molecule has 0 aliphatic carbocycles. The first kappa shape index (κ1) is 9.86. The van der Waals surface area contributed by atoms with Crippen LogP contribution in [0.2, 0.25) is 0 Å². The highest BCUT2D eigenvalue weighted by atomic mass is 19.2. The maximum Gasteiger partial charge on any atom is 0.131 e. The Morgan fingerprint density at radius 1 is 1.10 bits per heavy atom. The normalized spacial score (nSPS) is 16.8. The van der Waals surface area contributed by atoms with Gasteiger partial charge < -0.3 is 0 Å². The predicted octanol–water partition coefficient (Wildman–Crippen LogP) is 3.26.